The molecule has 0 bridgehead atoms. The maximum atomic E-state index is 13.5. The molecule has 1 N–H and O–H groups in total. The molecule has 1 saturated heterocycles. The predicted octanol–water partition coefficient (Wildman–Crippen LogP) is 6.81. The van der Waals surface area contributed by atoms with Crippen LogP contribution in [0.2, 0.25) is 0 Å². The highest BCUT2D eigenvalue weighted by Gasteiger charge is 2.47. The standard InChI is InChI=1S/C32H29NO4/c1-20(2)19-37-24-17-15-23(16-18-24)33-29(25-12-6-4-9-21(25)3)28(31(35)32(33)36)30(34)27-14-8-11-22-10-5-7-13-26(22)27/h4-18,20,29,34H,19H2,1-3H3/b30-28+. The summed E-state index contributed by atoms with van der Waals surface area (Å²) in [5, 5.41) is 13.4. The highest BCUT2D eigenvalue weighted by Crippen LogP contribution is 2.44. The molecule has 0 aliphatic carbocycles. The minimum atomic E-state index is -0.775. The Labute approximate surface area is 216 Å². The van der Waals surface area contributed by atoms with Crippen LogP contribution in [-0.2, 0) is 9.59 Å². The average Bonchev–Trinajstić information content (AvgIpc) is 3.17. The Bertz CT molecular complexity index is 1510. The first-order chi connectivity index (χ1) is 17.9. The Morgan fingerprint density at radius 1 is 0.892 bits per heavy atom. The molecule has 1 fully saturated rings. The Hall–Kier alpha value is -4.38. The zero-order valence-corrected chi connectivity index (χ0v) is 21.1. The minimum absolute atomic E-state index is 0.0794. The maximum Gasteiger partial charge on any atom is 0.300 e. The van der Waals surface area contributed by atoms with Crippen LogP contribution >= 0.6 is 0 Å². The molecular weight excluding hydrogens is 462 g/mol. The van der Waals surface area contributed by atoms with E-state index in [4.69, 9.17) is 4.74 Å². The summed E-state index contributed by atoms with van der Waals surface area (Å²) in [4.78, 5) is 28.5. The van der Waals surface area contributed by atoms with Crippen LogP contribution in [0.1, 0.15) is 36.6 Å². The normalized spacial score (nSPS) is 17.1. The number of ketones is 1. The van der Waals surface area contributed by atoms with Crippen LogP contribution in [0.5, 0.6) is 5.75 Å². The fourth-order valence-electron chi connectivity index (χ4n) is 4.83. The Kier molecular flexibility index (Phi) is 6.53. The predicted molar refractivity (Wildman–Crippen MR) is 147 cm³/mol. The van der Waals surface area contributed by atoms with E-state index in [0.29, 0.717) is 29.5 Å². The van der Waals surface area contributed by atoms with Crippen LogP contribution in [0.3, 0.4) is 0 Å². The highest BCUT2D eigenvalue weighted by molar-refractivity contribution is 6.51. The molecule has 1 heterocycles. The smallest absolute Gasteiger partial charge is 0.300 e. The van der Waals surface area contributed by atoms with Gasteiger partial charge in [-0.2, -0.15) is 0 Å². The summed E-state index contributed by atoms with van der Waals surface area (Å²) < 4.78 is 5.80. The second-order valence-electron chi connectivity index (χ2n) is 9.75. The molecule has 1 aliphatic rings. The first-order valence-electron chi connectivity index (χ1n) is 12.4. The molecule has 4 aromatic rings. The van der Waals surface area contributed by atoms with Gasteiger partial charge in [-0.3, -0.25) is 14.5 Å². The van der Waals surface area contributed by atoms with E-state index in [0.717, 1.165) is 21.9 Å². The van der Waals surface area contributed by atoms with Crippen molar-refractivity contribution >= 4 is 33.9 Å². The quantitative estimate of drug-likeness (QED) is 0.183. The van der Waals surface area contributed by atoms with E-state index in [1.807, 2.05) is 67.6 Å². The lowest BCUT2D eigenvalue weighted by Gasteiger charge is -2.27. The molecule has 0 spiro atoms. The lowest BCUT2D eigenvalue weighted by Crippen LogP contribution is -2.29. The summed E-state index contributed by atoms with van der Waals surface area (Å²) in [6.07, 6.45) is 0. The number of anilines is 1. The van der Waals surface area contributed by atoms with Gasteiger partial charge in [0.15, 0.2) is 0 Å². The number of carbonyl (C=O) groups is 2. The number of benzene rings is 4. The zero-order valence-electron chi connectivity index (χ0n) is 21.1. The molecule has 0 saturated carbocycles. The third kappa shape index (κ3) is 4.49. The minimum Gasteiger partial charge on any atom is -0.507 e. The number of rotatable bonds is 6. The van der Waals surface area contributed by atoms with E-state index in [1.54, 1.807) is 30.3 Å². The molecule has 1 amide bonds. The van der Waals surface area contributed by atoms with E-state index in [9.17, 15) is 14.7 Å². The maximum absolute atomic E-state index is 13.5. The lowest BCUT2D eigenvalue weighted by molar-refractivity contribution is -0.132. The average molecular weight is 492 g/mol. The number of Topliss-reactive ketones (excluding diaryl/α,β-unsaturated/α-hetero) is 1. The van der Waals surface area contributed by atoms with Gasteiger partial charge in [0.1, 0.15) is 11.5 Å². The number of aryl methyl sites for hydroxylation is 1. The van der Waals surface area contributed by atoms with Crippen LogP contribution in [-0.4, -0.2) is 23.4 Å². The Morgan fingerprint density at radius 3 is 2.30 bits per heavy atom. The van der Waals surface area contributed by atoms with Crippen LogP contribution < -0.4 is 9.64 Å². The second kappa shape index (κ2) is 9.94. The molecule has 5 heteroatoms. The summed E-state index contributed by atoms with van der Waals surface area (Å²) in [5.74, 6) is -0.489. The van der Waals surface area contributed by atoms with Crippen LogP contribution in [0.15, 0.2) is 96.6 Å². The Balaban J connectivity index is 1.68. The van der Waals surface area contributed by atoms with Gasteiger partial charge in [-0.25, -0.2) is 0 Å². The summed E-state index contributed by atoms with van der Waals surface area (Å²) in [5.41, 5.74) is 2.86. The molecule has 5 rings (SSSR count). The van der Waals surface area contributed by atoms with Crippen molar-refractivity contribution in [1.29, 1.82) is 0 Å². The molecule has 37 heavy (non-hydrogen) atoms. The fourth-order valence-corrected chi connectivity index (χ4v) is 4.83. The molecular formula is C32H29NO4. The molecule has 1 unspecified atom stereocenters. The largest absolute Gasteiger partial charge is 0.507 e. The fraction of sp³-hybridized carbons (Fsp3) is 0.188. The second-order valence-corrected chi connectivity index (χ2v) is 9.75. The molecule has 186 valence electrons. The molecule has 5 nitrogen and oxygen atoms in total. The van der Waals surface area contributed by atoms with Gasteiger partial charge < -0.3 is 9.84 Å². The lowest BCUT2D eigenvalue weighted by atomic mass is 9.91. The number of fused-ring (bicyclic) bond motifs is 1. The summed E-state index contributed by atoms with van der Waals surface area (Å²) in [6, 6.07) is 27.3. The van der Waals surface area contributed by atoms with Crippen LogP contribution in [0, 0.1) is 12.8 Å². The van der Waals surface area contributed by atoms with Gasteiger partial charge in [0.2, 0.25) is 0 Å². The van der Waals surface area contributed by atoms with Gasteiger partial charge in [0, 0.05) is 11.3 Å². The molecule has 0 radical (unpaired) electrons. The van der Waals surface area contributed by atoms with Crippen LogP contribution in [0.4, 0.5) is 5.69 Å². The number of aliphatic hydroxyl groups is 1. The number of amides is 1. The van der Waals surface area contributed by atoms with Gasteiger partial charge in [-0.05, 0) is 59.0 Å². The highest BCUT2D eigenvalue weighted by atomic mass is 16.5. The molecule has 1 aliphatic heterocycles. The first-order valence-corrected chi connectivity index (χ1v) is 12.4. The monoisotopic (exact) mass is 491 g/mol. The molecule has 4 aromatic carbocycles. The van der Waals surface area contributed by atoms with Gasteiger partial charge in [0.05, 0.1) is 18.2 Å². The van der Waals surface area contributed by atoms with Gasteiger partial charge in [0.25, 0.3) is 11.7 Å². The number of carbonyl (C=O) groups excluding carboxylic acids is 2. The third-order valence-electron chi connectivity index (χ3n) is 6.67. The van der Waals surface area contributed by atoms with E-state index in [2.05, 4.69) is 13.8 Å². The summed E-state index contributed by atoms with van der Waals surface area (Å²) in [7, 11) is 0. The van der Waals surface area contributed by atoms with Gasteiger partial charge in [-0.1, -0.05) is 80.6 Å². The summed E-state index contributed by atoms with van der Waals surface area (Å²) >= 11 is 0. The number of ether oxygens (including phenoxy) is 1. The number of nitrogens with zero attached hydrogens (tertiary/aromatic N) is 1. The van der Waals surface area contributed by atoms with Crippen molar-refractivity contribution in [2.24, 2.45) is 5.92 Å². The number of aliphatic hydroxyl groups excluding tert-OH is 1. The zero-order chi connectivity index (χ0) is 26.1. The van der Waals surface area contributed by atoms with Crippen molar-refractivity contribution in [2.45, 2.75) is 26.8 Å². The SMILES string of the molecule is Cc1ccccc1C1/C(=C(\O)c2cccc3ccccc23)C(=O)C(=O)N1c1ccc(OCC(C)C)cc1. The van der Waals surface area contributed by atoms with Crippen molar-refractivity contribution in [3.05, 3.63) is 113 Å². The third-order valence-corrected chi connectivity index (χ3v) is 6.67. The van der Waals surface area contributed by atoms with Crippen molar-refractivity contribution in [2.75, 3.05) is 11.5 Å². The Morgan fingerprint density at radius 2 is 1.57 bits per heavy atom. The van der Waals surface area contributed by atoms with E-state index in [-0.39, 0.29) is 11.3 Å². The van der Waals surface area contributed by atoms with E-state index < -0.39 is 17.7 Å². The van der Waals surface area contributed by atoms with E-state index in [1.165, 1.54) is 4.90 Å². The topological polar surface area (TPSA) is 66.8 Å². The van der Waals surface area contributed by atoms with Gasteiger partial charge >= 0.3 is 0 Å². The summed E-state index contributed by atoms with van der Waals surface area (Å²) in [6.45, 7) is 6.67. The van der Waals surface area contributed by atoms with Crippen molar-refractivity contribution in [3.63, 3.8) is 0 Å². The molecule has 1 atom stereocenters. The number of hydrogen-bond acceptors (Lipinski definition) is 4. The van der Waals surface area contributed by atoms with Gasteiger partial charge in [-0.15, -0.1) is 0 Å². The number of hydrogen-bond donors (Lipinski definition) is 1. The molecule has 0 aromatic heterocycles. The van der Waals surface area contributed by atoms with Crippen LogP contribution in [0.25, 0.3) is 16.5 Å². The van der Waals surface area contributed by atoms with E-state index >= 15 is 0 Å². The van der Waals surface area contributed by atoms with Crippen molar-refractivity contribution in [1.82, 2.24) is 0 Å². The van der Waals surface area contributed by atoms with Crippen molar-refractivity contribution in [3.8, 4) is 5.75 Å². The van der Waals surface area contributed by atoms with Crippen molar-refractivity contribution < 1.29 is 19.4 Å². The first kappa shape index (κ1) is 24.3.